The maximum Gasteiger partial charge on any atom is 0.307 e. The molecule has 0 spiro atoms. The van der Waals surface area contributed by atoms with Gasteiger partial charge in [-0.3, -0.25) is 14.5 Å². The molecule has 1 atom stereocenters. The Morgan fingerprint density at radius 2 is 2.26 bits per heavy atom. The van der Waals surface area contributed by atoms with E-state index in [0.717, 1.165) is 5.56 Å². The predicted octanol–water partition coefficient (Wildman–Crippen LogP) is 1.17. The van der Waals surface area contributed by atoms with Crippen molar-refractivity contribution in [3.8, 4) is 5.75 Å². The fourth-order valence-corrected chi connectivity index (χ4v) is 1.98. The molecule has 1 N–H and O–H groups in total. The molecule has 1 heterocycles. The monoisotopic (exact) mass is 265 g/mol. The first-order valence-electron chi connectivity index (χ1n) is 5.82. The fourth-order valence-electron chi connectivity index (χ4n) is 1.98. The van der Waals surface area contributed by atoms with Crippen LogP contribution in [0.15, 0.2) is 18.2 Å². The van der Waals surface area contributed by atoms with Gasteiger partial charge in [0, 0.05) is 7.11 Å². The third-order valence-electron chi connectivity index (χ3n) is 2.84. The summed E-state index contributed by atoms with van der Waals surface area (Å²) in [6.45, 7) is 1.96. The van der Waals surface area contributed by atoms with Crippen LogP contribution in [0.1, 0.15) is 12.0 Å². The summed E-state index contributed by atoms with van der Waals surface area (Å²) in [4.78, 5) is 24.3. The zero-order chi connectivity index (χ0) is 14.0. The Kier molecular flexibility index (Phi) is 3.71. The van der Waals surface area contributed by atoms with E-state index in [1.165, 1.54) is 12.0 Å². The Balaban J connectivity index is 2.38. The lowest BCUT2D eigenvalue weighted by Crippen LogP contribution is -2.47. The number of aryl methyl sites for hydroxylation is 1. The van der Waals surface area contributed by atoms with Gasteiger partial charge in [0.2, 0.25) is 0 Å². The zero-order valence-electron chi connectivity index (χ0n) is 10.8. The number of carbonyl (C=O) groups excluding carboxylic acids is 1. The molecule has 0 radical (unpaired) electrons. The molecule has 1 amide bonds. The second kappa shape index (κ2) is 5.27. The van der Waals surface area contributed by atoms with Crippen molar-refractivity contribution in [1.29, 1.82) is 0 Å². The number of carboxylic acid groups (broad SMARTS) is 1. The standard InChI is InChI=1S/C13H15NO5/c1-8-3-4-9-10(5-8)19-11(6-12(15)16)13(17)14(9)7-18-2/h3-5,11H,6-7H2,1-2H3,(H,15,16). The molecule has 102 valence electrons. The van der Waals surface area contributed by atoms with Crippen LogP contribution < -0.4 is 9.64 Å². The van der Waals surface area contributed by atoms with Gasteiger partial charge in [0.15, 0.2) is 6.10 Å². The molecule has 0 fully saturated rings. The van der Waals surface area contributed by atoms with E-state index in [9.17, 15) is 9.59 Å². The molecule has 0 saturated heterocycles. The number of ether oxygens (including phenoxy) is 2. The fraction of sp³-hybridized carbons (Fsp3) is 0.385. The maximum absolute atomic E-state index is 12.2. The third-order valence-corrected chi connectivity index (χ3v) is 2.84. The van der Waals surface area contributed by atoms with Crippen LogP contribution >= 0.6 is 0 Å². The van der Waals surface area contributed by atoms with Crippen molar-refractivity contribution < 1.29 is 24.2 Å². The lowest BCUT2D eigenvalue weighted by atomic mass is 10.1. The van der Waals surface area contributed by atoms with E-state index in [2.05, 4.69) is 0 Å². The van der Waals surface area contributed by atoms with Gasteiger partial charge in [-0.05, 0) is 24.6 Å². The summed E-state index contributed by atoms with van der Waals surface area (Å²) < 4.78 is 10.5. The second-order valence-corrected chi connectivity index (χ2v) is 4.36. The lowest BCUT2D eigenvalue weighted by molar-refractivity contribution is -0.143. The number of hydrogen-bond acceptors (Lipinski definition) is 4. The molecule has 0 bridgehead atoms. The molecule has 6 nitrogen and oxygen atoms in total. The van der Waals surface area contributed by atoms with Gasteiger partial charge in [0.25, 0.3) is 5.91 Å². The van der Waals surface area contributed by atoms with E-state index in [1.54, 1.807) is 12.1 Å². The van der Waals surface area contributed by atoms with Gasteiger partial charge in [-0.1, -0.05) is 6.07 Å². The molecule has 0 aliphatic carbocycles. The number of rotatable bonds is 4. The average Bonchev–Trinajstić information content (AvgIpc) is 2.33. The van der Waals surface area contributed by atoms with Crippen LogP contribution in [0.5, 0.6) is 5.75 Å². The molecule has 1 aliphatic rings. The number of methoxy groups -OCH3 is 1. The van der Waals surface area contributed by atoms with E-state index < -0.39 is 18.0 Å². The van der Waals surface area contributed by atoms with E-state index in [4.69, 9.17) is 14.6 Å². The highest BCUT2D eigenvalue weighted by atomic mass is 16.5. The molecule has 1 unspecified atom stereocenters. The molecule has 1 aliphatic heterocycles. The first kappa shape index (κ1) is 13.4. The van der Waals surface area contributed by atoms with Gasteiger partial charge in [-0.2, -0.15) is 0 Å². The van der Waals surface area contributed by atoms with Crippen LogP contribution in [0.4, 0.5) is 5.69 Å². The summed E-state index contributed by atoms with van der Waals surface area (Å²) in [5, 5.41) is 8.82. The lowest BCUT2D eigenvalue weighted by Gasteiger charge is -2.33. The van der Waals surface area contributed by atoms with Crippen LogP contribution in [-0.4, -0.2) is 36.9 Å². The molecule has 6 heteroatoms. The third kappa shape index (κ3) is 2.68. The predicted molar refractivity (Wildman–Crippen MR) is 67.2 cm³/mol. The Hall–Kier alpha value is -2.08. The number of fused-ring (bicyclic) bond motifs is 1. The van der Waals surface area contributed by atoms with Crippen molar-refractivity contribution >= 4 is 17.6 Å². The summed E-state index contributed by atoms with van der Waals surface area (Å²) in [7, 11) is 1.48. The first-order chi connectivity index (χ1) is 9.02. The SMILES string of the molecule is COCN1C(=O)C(CC(=O)O)Oc2cc(C)ccc21. The van der Waals surface area contributed by atoms with E-state index in [0.29, 0.717) is 11.4 Å². The van der Waals surface area contributed by atoms with Crippen molar-refractivity contribution in [2.24, 2.45) is 0 Å². The summed E-state index contributed by atoms with van der Waals surface area (Å²) in [6.07, 6.45) is -1.38. The molecule has 0 aromatic heterocycles. The minimum absolute atomic E-state index is 0.0639. The Bertz CT molecular complexity index is 514. The van der Waals surface area contributed by atoms with Crippen LogP contribution in [-0.2, 0) is 14.3 Å². The van der Waals surface area contributed by atoms with Gasteiger partial charge < -0.3 is 14.6 Å². The van der Waals surface area contributed by atoms with Gasteiger partial charge in [-0.25, -0.2) is 0 Å². The van der Waals surface area contributed by atoms with Crippen LogP contribution in [0.25, 0.3) is 0 Å². The smallest absolute Gasteiger partial charge is 0.307 e. The summed E-state index contributed by atoms with van der Waals surface area (Å²) >= 11 is 0. The summed E-state index contributed by atoms with van der Waals surface area (Å²) in [5.74, 6) is -0.977. The first-order valence-corrected chi connectivity index (χ1v) is 5.82. The van der Waals surface area contributed by atoms with Crippen molar-refractivity contribution in [3.63, 3.8) is 0 Å². The second-order valence-electron chi connectivity index (χ2n) is 4.36. The maximum atomic E-state index is 12.2. The van der Waals surface area contributed by atoms with E-state index >= 15 is 0 Å². The average molecular weight is 265 g/mol. The molecular weight excluding hydrogens is 250 g/mol. The largest absolute Gasteiger partial charge is 0.481 e. The molecule has 1 aromatic carbocycles. The van der Waals surface area contributed by atoms with Crippen LogP contribution in [0, 0.1) is 6.92 Å². The van der Waals surface area contributed by atoms with Crippen molar-refractivity contribution in [3.05, 3.63) is 23.8 Å². The van der Waals surface area contributed by atoms with E-state index in [-0.39, 0.29) is 13.2 Å². The van der Waals surface area contributed by atoms with Crippen molar-refractivity contribution in [2.45, 2.75) is 19.4 Å². The Morgan fingerprint density at radius 3 is 2.89 bits per heavy atom. The van der Waals surface area contributed by atoms with Gasteiger partial charge in [-0.15, -0.1) is 0 Å². The van der Waals surface area contributed by atoms with E-state index in [1.807, 2.05) is 13.0 Å². The van der Waals surface area contributed by atoms with Gasteiger partial charge in [0.05, 0.1) is 12.1 Å². The van der Waals surface area contributed by atoms with Crippen molar-refractivity contribution in [1.82, 2.24) is 0 Å². The minimum Gasteiger partial charge on any atom is -0.481 e. The number of hydrogen-bond donors (Lipinski definition) is 1. The highest BCUT2D eigenvalue weighted by Crippen LogP contribution is 2.35. The highest BCUT2D eigenvalue weighted by molar-refractivity contribution is 6.01. The topological polar surface area (TPSA) is 76.1 Å². The van der Waals surface area contributed by atoms with Crippen LogP contribution in [0.2, 0.25) is 0 Å². The molecular formula is C13H15NO5. The number of carbonyl (C=O) groups is 2. The molecule has 2 rings (SSSR count). The highest BCUT2D eigenvalue weighted by Gasteiger charge is 2.35. The van der Waals surface area contributed by atoms with Crippen LogP contribution in [0.3, 0.4) is 0 Å². The number of anilines is 1. The minimum atomic E-state index is -1.08. The summed E-state index contributed by atoms with van der Waals surface area (Å²) in [6, 6.07) is 5.40. The molecule has 1 aromatic rings. The number of amides is 1. The zero-order valence-corrected chi connectivity index (χ0v) is 10.8. The number of benzene rings is 1. The van der Waals surface area contributed by atoms with Gasteiger partial charge >= 0.3 is 5.97 Å². The number of nitrogens with zero attached hydrogens (tertiary/aromatic N) is 1. The summed E-state index contributed by atoms with van der Waals surface area (Å²) in [5.41, 5.74) is 1.57. The van der Waals surface area contributed by atoms with Gasteiger partial charge in [0.1, 0.15) is 12.5 Å². The van der Waals surface area contributed by atoms with Crippen molar-refractivity contribution in [2.75, 3.05) is 18.7 Å². The quantitative estimate of drug-likeness (QED) is 0.884. The normalized spacial score (nSPS) is 17.9. The molecule has 0 saturated carbocycles. The Labute approximate surface area is 110 Å². The number of aliphatic carboxylic acids is 1. The number of carboxylic acids is 1. The molecule has 19 heavy (non-hydrogen) atoms. The Morgan fingerprint density at radius 1 is 1.53 bits per heavy atom.